The molecule has 1 aliphatic rings. The van der Waals surface area contributed by atoms with Gasteiger partial charge >= 0.3 is 18.5 Å². The molecule has 2 atom stereocenters. The fourth-order valence-corrected chi connectivity index (χ4v) is 5.83. The number of carbonyl (C=O) groups is 1. The molecule has 0 aliphatic heterocycles. The lowest BCUT2D eigenvalue weighted by Crippen LogP contribution is -2.44. The first-order valence-corrected chi connectivity index (χ1v) is 13.7. The summed E-state index contributed by atoms with van der Waals surface area (Å²) in [6.45, 7) is 0. The van der Waals surface area contributed by atoms with E-state index in [9.17, 15) is 48.9 Å². The molecule has 0 saturated heterocycles. The molecular formula is C24H17Cl3F9NO2S. The van der Waals surface area contributed by atoms with E-state index in [2.05, 4.69) is 5.32 Å². The molecule has 0 bridgehead atoms. The van der Waals surface area contributed by atoms with E-state index in [0.29, 0.717) is 12.1 Å². The zero-order valence-corrected chi connectivity index (χ0v) is 22.8. The minimum atomic E-state index is -5.12. The van der Waals surface area contributed by atoms with Crippen LogP contribution < -0.4 is 5.32 Å². The number of hydrogen-bond donors (Lipinski definition) is 1. The van der Waals surface area contributed by atoms with Crippen molar-refractivity contribution in [2.45, 2.75) is 42.8 Å². The van der Waals surface area contributed by atoms with Crippen LogP contribution in [-0.4, -0.2) is 39.9 Å². The van der Waals surface area contributed by atoms with Crippen LogP contribution in [0.5, 0.6) is 0 Å². The van der Waals surface area contributed by atoms with Gasteiger partial charge in [0.2, 0.25) is 5.75 Å². The quantitative estimate of drug-likeness (QED) is 0.175. The Morgan fingerprint density at radius 2 is 1.57 bits per heavy atom. The zero-order valence-electron chi connectivity index (χ0n) is 19.7. The van der Waals surface area contributed by atoms with Crippen molar-refractivity contribution in [3.05, 3.63) is 73.7 Å². The second kappa shape index (κ2) is 11.8. The molecule has 2 aromatic carbocycles. The lowest BCUT2D eigenvalue weighted by atomic mass is 9.96. The van der Waals surface area contributed by atoms with E-state index in [0.717, 1.165) is 30.3 Å². The predicted octanol–water partition coefficient (Wildman–Crippen LogP) is 8.60. The molecular weight excluding hydrogens is 644 g/mol. The van der Waals surface area contributed by atoms with Crippen molar-refractivity contribution in [2.75, 3.05) is 11.5 Å². The van der Waals surface area contributed by atoms with Gasteiger partial charge in [-0.25, -0.2) is 0 Å². The minimum absolute atomic E-state index is 0.113. The molecule has 1 amide bonds. The van der Waals surface area contributed by atoms with Gasteiger partial charge in [-0.15, -0.1) is 0 Å². The van der Waals surface area contributed by atoms with Crippen LogP contribution in [0, 0.1) is 0 Å². The molecule has 1 aliphatic carbocycles. The molecule has 1 saturated carbocycles. The molecule has 16 heteroatoms. The van der Waals surface area contributed by atoms with E-state index in [1.807, 2.05) is 0 Å². The van der Waals surface area contributed by atoms with E-state index in [-0.39, 0.29) is 33.5 Å². The number of halogens is 12. The molecule has 220 valence electrons. The maximum atomic E-state index is 13.8. The number of nitrogens with one attached hydrogen (secondary N) is 1. The highest BCUT2D eigenvalue weighted by molar-refractivity contribution is 7.91. The van der Waals surface area contributed by atoms with Gasteiger partial charge < -0.3 is 9.87 Å². The fourth-order valence-electron chi connectivity index (χ4n) is 3.78. The van der Waals surface area contributed by atoms with Gasteiger partial charge in [0, 0.05) is 0 Å². The number of hydrogen-bond acceptors (Lipinski definition) is 2. The Morgan fingerprint density at radius 3 is 2.05 bits per heavy atom. The first-order valence-electron chi connectivity index (χ1n) is 11.1. The second-order valence-corrected chi connectivity index (χ2v) is 11.7. The molecule has 0 spiro atoms. The topological polar surface area (TPSA) is 52.2 Å². The Labute approximate surface area is 239 Å². The van der Waals surface area contributed by atoms with Crippen LogP contribution in [-0.2, 0) is 17.4 Å². The monoisotopic (exact) mass is 659 g/mol. The van der Waals surface area contributed by atoms with Gasteiger partial charge in [-0.2, -0.15) is 39.5 Å². The summed E-state index contributed by atoms with van der Waals surface area (Å²) in [5, 5.41) is 1.52. The minimum Gasteiger partial charge on any atom is -0.616 e. The van der Waals surface area contributed by atoms with E-state index in [4.69, 9.17) is 34.8 Å². The van der Waals surface area contributed by atoms with Crippen molar-refractivity contribution >= 4 is 58.0 Å². The Kier molecular flexibility index (Phi) is 9.67. The van der Waals surface area contributed by atoms with Crippen LogP contribution in [0.4, 0.5) is 39.5 Å². The zero-order chi connectivity index (χ0) is 30.3. The Hall–Kier alpha value is -1.80. The predicted molar refractivity (Wildman–Crippen MR) is 134 cm³/mol. The Bertz CT molecular complexity index is 1270. The molecule has 40 heavy (non-hydrogen) atoms. The maximum Gasteiger partial charge on any atom is 0.433 e. The van der Waals surface area contributed by atoms with Gasteiger partial charge in [0.15, 0.2) is 0 Å². The van der Waals surface area contributed by atoms with Gasteiger partial charge in [-0.05, 0) is 59.4 Å². The summed E-state index contributed by atoms with van der Waals surface area (Å²) in [4.78, 5) is 12.7. The highest BCUT2D eigenvalue weighted by Gasteiger charge is 2.50. The lowest BCUT2D eigenvalue weighted by molar-refractivity contribution is -0.139. The molecule has 2 aromatic rings. The largest absolute Gasteiger partial charge is 0.616 e. The maximum absolute atomic E-state index is 13.8. The van der Waals surface area contributed by atoms with Gasteiger partial charge in [-0.3, -0.25) is 4.79 Å². The summed E-state index contributed by atoms with van der Waals surface area (Å²) in [5.41, 5.74) is -4.50. The average Bonchev–Trinajstić information content (AvgIpc) is 3.52. The van der Waals surface area contributed by atoms with Crippen LogP contribution in [0.25, 0.3) is 6.08 Å². The van der Waals surface area contributed by atoms with Crippen molar-refractivity contribution in [2.24, 2.45) is 0 Å². The number of allylic oxidation sites excluding steroid dienone is 1. The Morgan fingerprint density at radius 1 is 1.00 bits per heavy atom. The lowest BCUT2D eigenvalue weighted by Gasteiger charge is -2.22. The van der Waals surface area contributed by atoms with Crippen LogP contribution in [0.15, 0.2) is 36.4 Å². The first-order chi connectivity index (χ1) is 18.2. The van der Waals surface area contributed by atoms with Crippen molar-refractivity contribution in [3.8, 4) is 0 Å². The number of benzene rings is 2. The summed E-state index contributed by atoms with van der Waals surface area (Å²) in [7, 11) is 0. The third-order valence-electron chi connectivity index (χ3n) is 5.79. The van der Waals surface area contributed by atoms with E-state index in [1.54, 1.807) is 0 Å². The first kappa shape index (κ1) is 32.7. The normalized spacial score (nSPS) is 17.1. The summed E-state index contributed by atoms with van der Waals surface area (Å²) in [6, 6.07) is 4.00. The van der Waals surface area contributed by atoms with Crippen LogP contribution in [0.1, 0.15) is 45.8 Å². The summed E-state index contributed by atoms with van der Waals surface area (Å²) in [6.07, 6.45) is -13.2. The SMILES string of the molecule is O=C(NC1(C[S+]([O-])CC(F)(F)F)CC1)c1ccc(/C=C/C(c2cc(Cl)c(Cl)c(Cl)c2)C(F)(F)F)cc1C(F)(F)F. The van der Waals surface area contributed by atoms with Gasteiger partial charge in [-0.1, -0.05) is 53.0 Å². The summed E-state index contributed by atoms with van der Waals surface area (Å²) in [5.74, 6) is -5.84. The van der Waals surface area contributed by atoms with Crippen LogP contribution in [0.3, 0.4) is 0 Å². The third-order valence-corrected chi connectivity index (χ3v) is 8.51. The van der Waals surface area contributed by atoms with E-state index < -0.39 is 75.3 Å². The molecule has 0 heterocycles. The van der Waals surface area contributed by atoms with E-state index >= 15 is 0 Å². The molecule has 0 radical (unpaired) electrons. The van der Waals surface area contributed by atoms with Gasteiger partial charge in [0.1, 0.15) is 5.75 Å². The summed E-state index contributed by atoms with van der Waals surface area (Å²) < 4.78 is 132. The molecule has 3 nitrogen and oxygen atoms in total. The number of rotatable bonds is 8. The van der Waals surface area contributed by atoms with Crippen LogP contribution >= 0.6 is 34.8 Å². The van der Waals surface area contributed by atoms with Crippen LogP contribution in [0.2, 0.25) is 15.1 Å². The summed E-state index contributed by atoms with van der Waals surface area (Å²) >= 11 is 15.0. The fraction of sp³-hybridized carbons (Fsp3) is 0.375. The number of amides is 1. The Balaban J connectivity index is 1.88. The van der Waals surface area contributed by atoms with Crippen molar-refractivity contribution in [1.82, 2.24) is 5.32 Å². The molecule has 2 unspecified atom stereocenters. The molecule has 0 aromatic heterocycles. The van der Waals surface area contributed by atoms with Gasteiger partial charge in [0.05, 0.1) is 37.7 Å². The molecule has 1 fully saturated rings. The second-order valence-electron chi connectivity index (χ2n) is 9.06. The van der Waals surface area contributed by atoms with Crippen molar-refractivity contribution < 1.29 is 48.9 Å². The number of carbonyl (C=O) groups excluding carboxylic acids is 1. The van der Waals surface area contributed by atoms with Crippen molar-refractivity contribution in [1.29, 1.82) is 0 Å². The highest BCUT2D eigenvalue weighted by Crippen LogP contribution is 2.42. The smallest absolute Gasteiger partial charge is 0.433 e. The molecule has 3 rings (SSSR count). The average molecular weight is 661 g/mol. The van der Waals surface area contributed by atoms with E-state index in [1.165, 1.54) is 0 Å². The third kappa shape index (κ3) is 8.60. The van der Waals surface area contributed by atoms with Gasteiger partial charge in [0.25, 0.3) is 5.91 Å². The highest BCUT2D eigenvalue weighted by atomic mass is 35.5. The van der Waals surface area contributed by atoms with Crippen molar-refractivity contribution in [3.63, 3.8) is 0 Å². The molecule has 1 N–H and O–H groups in total. The number of alkyl halides is 9. The standard InChI is InChI=1S/C24H17Cl3F9NO2S/c25-17-8-13(9-18(26)19(17)27)15(23(31,32)33)4-2-12-1-3-14(16(7-12)24(34,35)36)20(38)37-21(5-6-21)10-40(39)11-22(28,29)30/h1-4,7-9,15H,5-6,10-11H2,(H,37,38)/b4-2+.